The van der Waals surface area contributed by atoms with Crippen molar-refractivity contribution in [3.63, 3.8) is 0 Å². The number of phenolic OH excluding ortho intramolecular Hbond substituents is 2. The molecule has 140 valence electrons. The van der Waals surface area contributed by atoms with Crippen LogP contribution in [0.15, 0.2) is 97.1 Å². The molecule has 0 amide bonds. The largest absolute Gasteiger partial charge is 0.508 e. The van der Waals surface area contributed by atoms with Gasteiger partial charge in [-0.15, -0.1) is 0 Å². The van der Waals surface area contributed by atoms with E-state index >= 15 is 0 Å². The lowest BCUT2D eigenvalue weighted by Gasteiger charge is -2.17. The summed E-state index contributed by atoms with van der Waals surface area (Å²) in [7, 11) is 0. The van der Waals surface area contributed by atoms with Gasteiger partial charge in [-0.2, -0.15) is 0 Å². The van der Waals surface area contributed by atoms with E-state index in [1.807, 2.05) is 24.3 Å². The monoisotopic (exact) mass is 376 g/mol. The molecule has 0 aliphatic heterocycles. The van der Waals surface area contributed by atoms with Gasteiger partial charge in [0.1, 0.15) is 11.5 Å². The van der Waals surface area contributed by atoms with Crippen LogP contribution in [0.4, 0.5) is 0 Å². The fraction of sp³-hybridized carbons (Fsp3) is 0.0370. The number of hydrogen-bond donors (Lipinski definition) is 2. The van der Waals surface area contributed by atoms with E-state index in [0.29, 0.717) is 0 Å². The van der Waals surface area contributed by atoms with Crippen molar-refractivity contribution in [1.29, 1.82) is 0 Å². The van der Waals surface area contributed by atoms with Gasteiger partial charge in [0.2, 0.25) is 0 Å². The van der Waals surface area contributed by atoms with Gasteiger partial charge in [0, 0.05) is 0 Å². The number of aromatic hydroxyl groups is 2. The van der Waals surface area contributed by atoms with E-state index in [-0.39, 0.29) is 11.5 Å². The molecule has 0 radical (unpaired) electrons. The summed E-state index contributed by atoms with van der Waals surface area (Å²) in [6, 6.07) is 31.9. The molecule has 0 aromatic heterocycles. The van der Waals surface area contributed by atoms with E-state index in [4.69, 9.17) is 0 Å². The van der Waals surface area contributed by atoms with Crippen molar-refractivity contribution in [2.24, 2.45) is 0 Å². The van der Waals surface area contributed by atoms with Gasteiger partial charge in [-0.1, -0.05) is 72.8 Å². The van der Waals surface area contributed by atoms with Gasteiger partial charge >= 0.3 is 0 Å². The summed E-state index contributed by atoms with van der Waals surface area (Å²) in [5, 5.41) is 24.2. The predicted molar refractivity (Wildman–Crippen MR) is 119 cm³/mol. The van der Waals surface area contributed by atoms with Crippen LogP contribution in [0.25, 0.3) is 32.7 Å². The first-order valence-electron chi connectivity index (χ1n) is 9.70. The lowest BCUT2D eigenvalue weighted by molar-refractivity contribution is 0.474. The molecule has 0 fully saturated rings. The molecule has 0 spiro atoms. The van der Waals surface area contributed by atoms with Crippen LogP contribution in [0.2, 0.25) is 0 Å². The molecular formula is C27H20O2. The summed E-state index contributed by atoms with van der Waals surface area (Å²) in [5.74, 6) is 0.553. The first-order valence-corrected chi connectivity index (χ1v) is 9.70. The molecule has 0 aliphatic rings. The Balaban J connectivity index is 1.83. The zero-order valence-electron chi connectivity index (χ0n) is 15.8. The van der Waals surface area contributed by atoms with Crippen LogP contribution in [0.5, 0.6) is 11.5 Å². The Hall–Kier alpha value is -3.78. The van der Waals surface area contributed by atoms with Crippen LogP contribution in [-0.4, -0.2) is 10.2 Å². The first kappa shape index (κ1) is 17.3. The maximum Gasteiger partial charge on any atom is 0.115 e. The third kappa shape index (κ3) is 3.09. The average molecular weight is 376 g/mol. The fourth-order valence-electron chi connectivity index (χ4n) is 4.17. The third-order valence-electron chi connectivity index (χ3n) is 5.52. The number of benzene rings is 5. The molecule has 0 aliphatic carbocycles. The van der Waals surface area contributed by atoms with Crippen molar-refractivity contribution in [1.82, 2.24) is 0 Å². The summed E-state index contributed by atoms with van der Waals surface area (Å²) in [5.41, 5.74) is 4.72. The standard InChI is InChI=1S/C27H20O2/c28-20-13-9-18(10-14-20)17-26-22-5-1-3-7-24(22)27(19-11-15-21(29)16-12-19)25-8-4-2-6-23(25)26/h1-16,28-29H,17H2. The summed E-state index contributed by atoms with van der Waals surface area (Å²) in [4.78, 5) is 0. The smallest absolute Gasteiger partial charge is 0.115 e. The van der Waals surface area contributed by atoms with Crippen LogP contribution in [0.1, 0.15) is 11.1 Å². The van der Waals surface area contributed by atoms with Crippen LogP contribution in [0, 0.1) is 0 Å². The second kappa shape index (κ2) is 6.99. The molecule has 0 atom stereocenters. The van der Waals surface area contributed by atoms with Crippen molar-refractivity contribution in [2.45, 2.75) is 6.42 Å². The molecular weight excluding hydrogens is 356 g/mol. The highest BCUT2D eigenvalue weighted by Gasteiger charge is 2.15. The minimum absolute atomic E-state index is 0.270. The Morgan fingerprint density at radius 3 is 1.45 bits per heavy atom. The van der Waals surface area contributed by atoms with Crippen LogP contribution in [0.3, 0.4) is 0 Å². The maximum atomic E-state index is 9.74. The second-order valence-electron chi connectivity index (χ2n) is 7.33. The number of fused-ring (bicyclic) bond motifs is 2. The van der Waals surface area contributed by atoms with Crippen LogP contribution >= 0.6 is 0 Å². The minimum atomic E-state index is 0.270. The number of hydrogen-bond acceptors (Lipinski definition) is 2. The maximum absolute atomic E-state index is 9.74. The van der Waals surface area contributed by atoms with Gasteiger partial charge in [-0.05, 0) is 74.5 Å². The number of phenols is 2. The normalized spacial score (nSPS) is 11.2. The summed E-state index contributed by atoms with van der Waals surface area (Å²) in [6.07, 6.45) is 0.789. The van der Waals surface area contributed by atoms with Gasteiger partial charge in [0.25, 0.3) is 0 Å². The van der Waals surface area contributed by atoms with Gasteiger partial charge in [-0.25, -0.2) is 0 Å². The Labute approximate surface area is 169 Å². The quantitative estimate of drug-likeness (QED) is 0.346. The van der Waals surface area contributed by atoms with Crippen molar-refractivity contribution < 1.29 is 10.2 Å². The topological polar surface area (TPSA) is 40.5 Å². The third-order valence-corrected chi connectivity index (χ3v) is 5.52. The molecule has 2 heteroatoms. The molecule has 5 aromatic rings. The lowest BCUT2D eigenvalue weighted by Crippen LogP contribution is -1.95. The van der Waals surface area contributed by atoms with E-state index in [1.165, 1.54) is 32.7 Å². The molecule has 5 aromatic carbocycles. The van der Waals surface area contributed by atoms with Crippen molar-refractivity contribution in [2.75, 3.05) is 0 Å². The molecule has 0 bridgehead atoms. The molecule has 0 saturated carbocycles. The Kier molecular flexibility index (Phi) is 4.18. The van der Waals surface area contributed by atoms with Gasteiger partial charge < -0.3 is 10.2 Å². The Morgan fingerprint density at radius 2 is 0.931 bits per heavy atom. The summed E-state index contributed by atoms with van der Waals surface area (Å²) < 4.78 is 0. The zero-order chi connectivity index (χ0) is 19.8. The van der Waals surface area contributed by atoms with E-state index in [1.54, 1.807) is 24.3 Å². The summed E-state index contributed by atoms with van der Waals surface area (Å²) >= 11 is 0. The highest BCUT2D eigenvalue weighted by Crippen LogP contribution is 2.40. The Bertz CT molecular complexity index is 1260. The summed E-state index contributed by atoms with van der Waals surface area (Å²) in [6.45, 7) is 0. The zero-order valence-corrected chi connectivity index (χ0v) is 15.8. The van der Waals surface area contributed by atoms with Gasteiger partial charge in [0.15, 0.2) is 0 Å². The van der Waals surface area contributed by atoms with E-state index in [9.17, 15) is 10.2 Å². The average Bonchev–Trinajstić information content (AvgIpc) is 2.76. The fourth-order valence-corrected chi connectivity index (χ4v) is 4.17. The molecule has 2 N–H and O–H groups in total. The van der Waals surface area contributed by atoms with E-state index in [2.05, 4.69) is 48.5 Å². The lowest BCUT2D eigenvalue weighted by atomic mass is 9.86. The van der Waals surface area contributed by atoms with E-state index in [0.717, 1.165) is 17.5 Å². The molecule has 0 saturated heterocycles. The highest BCUT2D eigenvalue weighted by atomic mass is 16.3. The molecule has 0 unspecified atom stereocenters. The van der Waals surface area contributed by atoms with Crippen LogP contribution in [-0.2, 0) is 6.42 Å². The van der Waals surface area contributed by atoms with Crippen molar-refractivity contribution in [3.05, 3.63) is 108 Å². The SMILES string of the molecule is Oc1ccc(Cc2c3ccccc3c(-c3ccc(O)cc3)c3ccccc23)cc1. The number of rotatable bonds is 3. The minimum Gasteiger partial charge on any atom is -0.508 e. The molecule has 29 heavy (non-hydrogen) atoms. The highest BCUT2D eigenvalue weighted by molar-refractivity contribution is 6.15. The molecule has 5 rings (SSSR count). The van der Waals surface area contributed by atoms with Gasteiger partial charge in [0.05, 0.1) is 0 Å². The second-order valence-corrected chi connectivity index (χ2v) is 7.33. The molecule has 0 heterocycles. The van der Waals surface area contributed by atoms with E-state index < -0.39 is 0 Å². The first-order chi connectivity index (χ1) is 14.2. The van der Waals surface area contributed by atoms with Gasteiger partial charge in [-0.3, -0.25) is 0 Å². The van der Waals surface area contributed by atoms with Crippen molar-refractivity contribution in [3.8, 4) is 22.6 Å². The Morgan fingerprint density at radius 1 is 0.483 bits per heavy atom. The van der Waals surface area contributed by atoms with Crippen LogP contribution < -0.4 is 0 Å². The van der Waals surface area contributed by atoms with Crippen molar-refractivity contribution >= 4 is 21.5 Å². The molecule has 2 nitrogen and oxygen atoms in total. The predicted octanol–water partition coefficient (Wildman–Crippen LogP) is 6.66.